The fourth-order valence-corrected chi connectivity index (χ4v) is 2.42. The van der Waals surface area contributed by atoms with Gasteiger partial charge in [0.1, 0.15) is 0 Å². The molecule has 14 heavy (non-hydrogen) atoms. The topological polar surface area (TPSA) is 50.9 Å². The molecule has 0 radical (unpaired) electrons. The Bertz CT molecular complexity index is 315. The molecule has 0 spiro atoms. The first-order valence-corrected chi connectivity index (χ1v) is 5.97. The number of nitrogens with zero attached hydrogens (tertiary/aromatic N) is 1. The fourth-order valence-electron chi connectivity index (χ4n) is 1.48. The van der Waals surface area contributed by atoms with E-state index >= 15 is 0 Å². The minimum absolute atomic E-state index is 0.472. The van der Waals surface area contributed by atoms with Crippen molar-refractivity contribution in [3.05, 3.63) is 10.6 Å². The van der Waals surface area contributed by atoms with E-state index < -0.39 is 0 Å². The minimum atomic E-state index is 0.472. The minimum Gasteiger partial charge on any atom is -0.375 e. The van der Waals surface area contributed by atoms with Gasteiger partial charge in [-0.1, -0.05) is 13.8 Å². The smallest absolute Gasteiger partial charge is 0.180 e. The third kappa shape index (κ3) is 2.25. The Balaban J connectivity index is 2.05. The predicted molar refractivity (Wildman–Crippen MR) is 60.5 cm³/mol. The molecule has 0 bridgehead atoms. The normalized spacial score (nSPS) is 16.5. The average molecular weight is 211 g/mol. The van der Waals surface area contributed by atoms with Gasteiger partial charge in [-0.2, -0.15) is 0 Å². The number of nitrogen functional groups attached to an aromatic ring is 1. The molecular weight excluding hydrogens is 194 g/mol. The lowest BCUT2D eigenvalue weighted by Gasteiger charge is -2.05. The van der Waals surface area contributed by atoms with E-state index in [9.17, 15) is 0 Å². The molecule has 1 aliphatic rings. The molecule has 1 heterocycles. The molecule has 3 nitrogen and oxygen atoms in total. The highest BCUT2D eigenvalue weighted by Gasteiger charge is 2.21. The molecule has 0 aromatic carbocycles. The molecular formula is C10H17N3S. The van der Waals surface area contributed by atoms with Crippen molar-refractivity contribution in [3.63, 3.8) is 0 Å². The second kappa shape index (κ2) is 3.87. The highest BCUT2D eigenvalue weighted by atomic mass is 32.1. The van der Waals surface area contributed by atoms with E-state index in [0.29, 0.717) is 11.0 Å². The fraction of sp³-hybridized carbons (Fsp3) is 0.700. The lowest BCUT2D eigenvalue weighted by Crippen LogP contribution is -2.15. The highest BCUT2D eigenvalue weighted by Crippen LogP contribution is 2.27. The van der Waals surface area contributed by atoms with Crippen molar-refractivity contribution in [2.24, 2.45) is 0 Å². The van der Waals surface area contributed by atoms with Gasteiger partial charge in [0.2, 0.25) is 0 Å². The maximum Gasteiger partial charge on any atom is 0.180 e. The number of nitrogens with one attached hydrogen (secondary N) is 1. The Hall–Kier alpha value is -0.610. The van der Waals surface area contributed by atoms with Crippen molar-refractivity contribution in [1.82, 2.24) is 10.3 Å². The Labute approximate surface area is 88.7 Å². The second-order valence-electron chi connectivity index (χ2n) is 4.17. The standard InChI is InChI=1S/C10H17N3S/c1-6(2)9-8(14-10(11)13-9)5-12-7-3-4-7/h6-7,12H,3-5H2,1-2H3,(H2,11,13). The first-order chi connectivity index (χ1) is 6.66. The number of rotatable bonds is 4. The maximum atomic E-state index is 5.72. The molecule has 78 valence electrons. The zero-order chi connectivity index (χ0) is 10.1. The molecule has 1 fully saturated rings. The number of nitrogens with two attached hydrogens (primary N) is 1. The van der Waals surface area contributed by atoms with Crippen molar-refractivity contribution < 1.29 is 0 Å². The summed E-state index contributed by atoms with van der Waals surface area (Å²) in [5, 5.41) is 4.19. The van der Waals surface area contributed by atoms with E-state index in [1.807, 2.05) is 0 Å². The van der Waals surface area contributed by atoms with Crippen LogP contribution in [0.15, 0.2) is 0 Å². The Kier molecular flexibility index (Phi) is 2.74. The van der Waals surface area contributed by atoms with Crippen LogP contribution in [-0.4, -0.2) is 11.0 Å². The molecule has 0 aliphatic heterocycles. The van der Waals surface area contributed by atoms with Gasteiger partial charge in [0.05, 0.1) is 5.69 Å². The number of hydrogen-bond donors (Lipinski definition) is 2. The molecule has 3 N–H and O–H groups in total. The van der Waals surface area contributed by atoms with Gasteiger partial charge in [-0.05, 0) is 18.8 Å². The van der Waals surface area contributed by atoms with Crippen LogP contribution in [0, 0.1) is 0 Å². The summed E-state index contributed by atoms with van der Waals surface area (Å²) < 4.78 is 0. The van der Waals surface area contributed by atoms with E-state index in [1.165, 1.54) is 23.4 Å². The van der Waals surface area contributed by atoms with Gasteiger partial charge in [-0.15, -0.1) is 11.3 Å². The van der Waals surface area contributed by atoms with Gasteiger partial charge in [0.15, 0.2) is 5.13 Å². The van der Waals surface area contributed by atoms with Crippen LogP contribution in [0.2, 0.25) is 0 Å². The van der Waals surface area contributed by atoms with Crippen LogP contribution in [0.25, 0.3) is 0 Å². The third-order valence-corrected chi connectivity index (χ3v) is 3.32. The van der Waals surface area contributed by atoms with Gasteiger partial charge in [0.25, 0.3) is 0 Å². The molecule has 0 saturated heterocycles. The summed E-state index contributed by atoms with van der Waals surface area (Å²) in [6, 6.07) is 0.748. The number of anilines is 1. The molecule has 1 saturated carbocycles. The van der Waals surface area contributed by atoms with Gasteiger partial charge < -0.3 is 11.1 Å². The van der Waals surface area contributed by atoms with Gasteiger partial charge in [-0.25, -0.2) is 4.98 Å². The summed E-state index contributed by atoms with van der Waals surface area (Å²) in [5.74, 6) is 0.472. The SMILES string of the molecule is CC(C)c1nc(N)sc1CNC1CC1. The first kappa shape index (κ1) is 9.93. The Morgan fingerprint density at radius 2 is 2.29 bits per heavy atom. The molecule has 1 aliphatic carbocycles. The van der Waals surface area contributed by atoms with Gasteiger partial charge >= 0.3 is 0 Å². The molecule has 1 aromatic heterocycles. The van der Waals surface area contributed by atoms with E-state index in [1.54, 1.807) is 11.3 Å². The summed E-state index contributed by atoms with van der Waals surface area (Å²) in [4.78, 5) is 5.67. The van der Waals surface area contributed by atoms with Crippen LogP contribution in [0.3, 0.4) is 0 Å². The van der Waals surface area contributed by atoms with Gasteiger partial charge in [0, 0.05) is 17.5 Å². The highest BCUT2D eigenvalue weighted by molar-refractivity contribution is 7.15. The number of hydrogen-bond acceptors (Lipinski definition) is 4. The van der Waals surface area contributed by atoms with E-state index in [0.717, 1.165) is 12.6 Å². The van der Waals surface area contributed by atoms with E-state index in [4.69, 9.17) is 5.73 Å². The van der Waals surface area contributed by atoms with Gasteiger partial charge in [-0.3, -0.25) is 0 Å². The lowest BCUT2D eigenvalue weighted by molar-refractivity contribution is 0.681. The molecule has 4 heteroatoms. The summed E-state index contributed by atoms with van der Waals surface area (Å²) >= 11 is 1.62. The predicted octanol–water partition coefficient (Wildman–Crippen LogP) is 2.10. The molecule has 0 atom stereocenters. The number of aromatic nitrogens is 1. The number of thiazole rings is 1. The summed E-state index contributed by atoms with van der Waals surface area (Å²) in [6.07, 6.45) is 2.65. The second-order valence-corrected chi connectivity index (χ2v) is 5.29. The van der Waals surface area contributed by atoms with Crippen molar-refractivity contribution in [1.29, 1.82) is 0 Å². The zero-order valence-corrected chi connectivity index (χ0v) is 9.53. The zero-order valence-electron chi connectivity index (χ0n) is 8.71. The summed E-state index contributed by atoms with van der Waals surface area (Å²) in [6.45, 7) is 5.26. The van der Waals surface area contributed by atoms with Crippen LogP contribution >= 0.6 is 11.3 Å². The van der Waals surface area contributed by atoms with Crippen molar-refractivity contribution in [2.75, 3.05) is 5.73 Å². The Morgan fingerprint density at radius 3 is 2.86 bits per heavy atom. The lowest BCUT2D eigenvalue weighted by atomic mass is 10.1. The van der Waals surface area contributed by atoms with E-state index in [-0.39, 0.29) is 0 Å². The van der Waals surface area contributed by atoms with Crippen molar-refractivity contribution in [3.8, 4) is 0 Å². The third-order valence-electron chi connectivity index (χ3n) is 2.42. The first-order valence-electron chi connectivity index (χ1n) is 5.15. The monoisotopic (exact) mass is 211 g/mol. The molecule has 1 aromatic rings. The van der Waals surface area contributed by atoms with E-state index in [2.05, 4.69) is 24.1 Å². The van der Waals surface area contributed by atoms with Crippen LogP contribution in [0.4, 0.5) is 5.13 Å². The van der Waals surface area contributed by atoms with Crippen LogP contribution in [0.1, 0.15) is 43.2 Å². The van der Waals surface area contributed by atoms with Crippen LogP contribution in [0.5, 0.6) is 0 Å². The molecule has 0 amide bonds. The quantitative estimate of drug-likeness (QED) is 0.802. The van der Waals surface area contributed by atoms with Crippen LogP contribution in [-0.2, 0) is 6.54 Å². The largest absolute Gasteiger partial charge is 0.375 e. The van der Waals surface area contributed by atoms with Crippen molar-refractivity contribution in [2.45, 2.75) is 45.2 Å². The molecule has 0 unspecified atom stereocenters. The summed E-state index contributed by atoms with van der Waals surface area (Å²) in [5.41, 5.74) is 6.89. The maximum absolute atomic E-state index is 5.72. The average Bonchev–Trinajstić information content (AvgIpc) is 2.86. The Morgan fingerprint density at radius 1 is 1.57 bits per heavy atom. The van der Waals surface area contributed by atoms with Crippen LogP contribution < -0.4 is 11.1 Å². The summed E-state index contributed by atoms with van der Waals surface area (Å²) in [7, 11) is 0. The molecule has 2 rings (SSSR count). The van der Waals surface area contributed by atoms with Crippen molar-refractivity contribution >= 4 is 16.5 Å².